The highest BCUT2D eigenvalue weighted by Gasteiger charge is 2.09. The summed E-state index contributed by atoms with van der Waals surface area (Å²) in [4.78, 5) is 35.6. The molecule has 3 N–H and O–H groups in total. The Morgan fingerprint density at radius 2 is 1.34 bits per heavy atom. The van der Waals surface area contributed by atoms with Crippen molar-refractivity contribution < 1.29 is 19.5 Å². The number of nitrogens with one attached hydrogen (secondary N) is 2. The molecule has 0 bridgehead atoms. The van der Waals surface area contributed by atoms with Crippen LogP contribution in [0.2, 0.25) is 0 Å². The first kappa shape index (κ1) is 25.1. The van der Waals surface area contributed by atoms with Crippen LogP contribution in [0.5, 0.6) is 0 Å². The van der Waals surface area contributed by atoms with Crippen LogP contribution < -0.4 is 10.6 Å². The summed E-state index contributed by atoms with van der Waals surface area (Å²) >= 11 is 0. The number of carboxylic acid groups (broad SMARTS) is 1. The first-order valence-corrected chi connectivity index (χ1v) is 11.5. The van der Waals surface area contributed by atoms with Gasteiger partial charge in [-0.1, -0.05) is 64.4 Å². The van der Waals surface area contributed by atoms with E-state index in [2.05, 4.69) is 17.6 Å². The molecule has 172 valence electrons. The van der Waals surface area contributed by atoms with Gasteiger partial charge in [0.25, 0.3) is 5.91 Å². The second-order valence-electron chi connectivity index (χ2n) is 8.04. The number of rotatable bonds is 14. The highest BCUT2D eigenvalue weighted by molar-refractivity contribution is 6.05. The number of hydrogen-bond donors (Lipinski definition) is 3. The van der Waals surface area contributed by atoms with Gasteiger partial charge in [-0.25, -0.2) is 4.79 Å². The normalized spacial score (nSPS) is 10.5. The van der Waals surface area contributed by atoms with E-state index in [0.29, 0.717) is 23.4 Å². The lowest BCUT2D eigenvalue weighted by Gasteiger charge is -2.09. The third-order valence-corrected chi connectivity index (χ3v) is 5.31. The number of benzene rings is 2. The third-order valence-electron chi connectivity index (χ3n) is 5.31. The molecule has 0 radical (unpaired) electrons. The van der Waals surface area contributed by atoms with E-state index < -0.39 is 5.97 Å². The summed E-state index contributed by atoms with van der Waals surface area (Å²) in [7, 11) is 0. The fourth-order valence-corrected chi connectivity index (χ4v) is 3.46. The van der Waals surface area contributed by atoms with Crippen LogP contribution in [0.15, 0.2) is 48.5 Å². The molecule has 0 saturated heterocycles. The highest BCUT2D eigenvalue weighted by atomic mass is 16.4. The summed E-state index contributed by atoms with van der Waals surface area (Å²) in [5, 5.41) is 14.5. The lowest BCUT2D eigenvalue weighted by molar-refractivity contribution is -0.116. The molecule has 2 aromatic rings. The van der Waals surface area contributed by atoms with Gasteiger partial charge >= 0.3 is 5.97 Å². The van der Waals surface area contributed by atoms with E-state index >= 15 is 0 Å². The molecule has 6 heteroatoms. The Morgan fingerprint density at radius 3 is 1.97 bits per heavy atom. The molecule has 0 saturated carbocycles. The second kappa shape index (κ2) is 14.0. The Morgan fingerprint density at radius 1 is 0.719 bits per heavy atom. The Bertz CT molecular complexity index is 878. The van der Waals surface area contributed by atoms with Crippen LogP contribution in [0.4, 0.5) is 11.4 Å². The quantitative estimate of drug-likeness (QED) is 0.293. The number of amides is 2. The minimum absolute atomic E-state index is 0.0465. The maximum absolute atomic E-state index is 12.5. The third kappa shape index (κ3) is 9.33. The number of aromatic carboxylic acids is 1. The van der Waals surface area contributed by atoms with Gasteiger partial charge in [0.1, 0.15) is 0 Å². The summed E-state index contributed by atoms with van der Waals surface area (Å²) in [6.07, 6.45) is 11.3. The molecule has 0 heterocycles. The van der Waals surface area contributed by atoms with E-state index in [0.717, 1.165) is 12.8 Å². The maximum atomic E-state index is 12.5. The molecule has 6 nitrogen and oxygen atoms in total. The minimum atomic E-state index is -1.02. The van der Waals surface area contributed by atoms with Gasteiger partial charge in [-0.2, -0.15) is 0 Å². The van der Waals surface area contributed by atoms with Crippen LogP contribution in [0.3, 0.4) is 0 Å². The zero-order valence-electron chi connectivity index (χ0n) is 18.9. The van der Waals surface area contributed by atoms with Gasteiger partial charge < -0.3 is 15.7 Å². The smallest absolute Gasteiger partial charge is 0.335 e. The van der Waals surface area contributed by atoms with E-state index in [1.54, 1.807) is 24.3 Å². The average molecular weight is 439 g/mol. The number of carboxylic acids is 1. The summed E-state index contributed by atoms with van der Waals surface area (Å²) in [5.74, 6) is -1.40. The molecule has 2 amide bonds. The Balaban J connectivity index is 1.73. The van der Waals surface area contributed by atoms with Crippen molar-refractivity contribution in [2.24, 2.45) is 0 Å². The van der Waals surface area contributed by atoms with E-state index in [1.165, 1.54) is 69.2 Å². The first-order chi connectivity index (χ1) is 15.5. The van der Waals surface area contributed by atoms with Crippen LogP contribution in [0.25, 0.3) is 0 Å². The molecule has 0 aliphatic carbocycles. The Labute approximate surface area is 190 Å². The summed E-state index contributed by atoms with van der Waals surface area (Å²) in [6, 6.07) is 12.7. The number of anilines is 2. The van der Waals surface area contributed by atoms with E-state index in [1.807, 2.05) is 0 Å². The molecule has 2 rings (SSSR count). The molecule has 0 aliphatic rings. The zero-order chi connectivity index (χ0) is 23.2. The van der Waals surface area contributed by atoms with Gasteiger partial charge in [0, 0.05) is 23.4 Å². The largest absolute Gasteiger partial charge is 0.478 e. The van der Waals surface area contributed by atoms with Crippen LogP contribution in [-0.2, 0) is 4.79 Å². The lowest BCUT2D eigenvalue weighted by Crippen LogP contribution is -2.14. The van der Waals surface area contributed by atoms with E-state index in [4.69, 9.17) is 5.11 Å². The fraction of sp³-hybridized carbons (Fsp3) is 0.423. The van der Waals surface area contributed by atoms with Crippen molar-refractivity contribution in [3.63, 3.8) is 0 Å². The van der Waals surface area contributed by atoms with Crippen molar-refractivity contribution in [3.8, 4) is 0 Å². The molecular formula is C26H34N2O4. The van der Waals surface area contributed by atoms with Gasteiger partial charge in [0.2, 0.25) is 5.91 Å². The predicted octanol–water partition coefficient (Wildman–Crippen LogP) is 6.50. The number of carbonyl (C=O) groups is 3. The number of unbranched alkanes of at least 4 members (excludes halogenated alkanes) is 8. The minimum Gasteiger partial charge on any atom is -0.478 e. The molecule has 32 heavy (non-hydrogen) atoms. The standard InChI is InChI=1S/C26H34N2O4/c1-2-3-4-5-6-7-8-9-10-14-24(29)27-23-13-11-12-21(19-23)25(30)28-22-17-15-20(16-18-22)26(31)32/h11-13,15-19H,2-10,14H2,1H3,(H,27,29)(H,28,30)(H,31,32). The lowest BCUT2D eigenvalue weighted by atomic mass is 10.1. The SMILES string of the molecule is CCCCCCCCCCCC(=O)Nc1cccc(C(=O)Nc2ccc(C(=O)O)cc2)c1. The zero-order valence-corrected chi connectivity index (χ0v) is 18.9. The van der Waals surface area contributed by atoms with Crippen molar-refractivity contribution in [2.75, 3.05) is 10.6 Å². The molecule has 0 fully saturated rings. The summed E-state index contributed by atoms with van der Waals surface area (Å²) < 4.78 is 0. The van der Waals surface area contributed by atoms with E-state index in [-0.39, 0.29) is 17.4 Å². The molecular weight excluding hydrogens is 404 g/mol. The summed E-state index contributed by atoms with van der Waals surface area (Å²) in [5.41, 5.74) is 1.65. The topological polar surface area (TPSA) is 95.5 Å². The molecule has 0 atom stereocenters. The molecule has 2 aromatic carbocycles. The van der Waals surface area contributed by atoms with Crippen LogP contribution in [0.1, 0.15) is 91.8 Å². The first-order valence-electron chi connectivity index (χ1n) is 11.5. The predicted molar refractivity (Wildman–Crippen MR) is 128 cm³/mol. The van der Waals surface area contributed by atoms with Gasteiger partial charge in [-0.3, -0.25) is 9.59 Å². The van der Waals surface area contributed by atoms with Gasteiger partial charge in [-0.05, 0) is 48.9 Å². The van der Waals surface area contributed by atoms with Gasteiger partial charge in [-0.15, -0.1) is 0 Å². The van der Waals surface area contributed by atoms with Crippen molar-refractivity contribution in [3.05, 3.63) is 59.7 Å². The van der Waals surface area contributed by atoms with Crippen molar-refractivity contribution in [2.45, 2.75) is 71.1 Å². The van der Waals surface area contributed by atoms with Crippen LogP contribution in [0, 0.1) is 0 Å². The van der Waals surface area contributed by atoms with Crippen molar-refractivity contribution in [1.29, 1.82) is 0 Å². The average Bonchev–Trinajstić information content (AvgIpc) is 2.78. The summed E-state index contributed by atoms with van der Waals surface area (Å²) in [6.45, 7) is 2.22. The van der Waals surface area contributed by atoms with Gasteiger partial charge in [0.15, 0.2) is 0 Å². The van der Waals surface area contributed by atoms with Crippen LogP contribution in [-0.4, -0.2) is 22.9 Å². The number of hydrogen-bond acceptors (Lipinski definition) is 3. The second-order valence-corrected chi connectivity index (χ2v) is 8.04. The Kier molecular flexibility index (Phi) is 11.0. The molecule has 0 aromatic heterocycles. The van der Waals surface area contributed by atoms with Crippen molar-refractivity contribution in [1.82, 2.24) is 0 Å². The fourth-order valence-electron chi connectivity index (χ4n) is 3.46. The van der Waals surface area contributed by atoms with Crippen LogP contribution >= 0.6 is 0 Å². The van der Waals surface area contributed by atoms with Gasteiger partial charge in [0.05, 0.1) is 5.56 Å². The van der Waals surface area contributed by atoms with Crippen molar-refractivity contribution >= 4 is 29.2 Å². The molecule has 0 aliphatic heterocycles. The Hall–Kier alpha value is -3.15. The monoisotopic (exact) mass is 438 g/mol. The maximum Gasteiger partial charge on any atom is 0.335 e. The van der Waals surface area contributed by atoms with E-state index in [9.17, 15) is 14.4 Å². The molecule has 0 unspecified atom stereocenters. The highest BCUT2D eigenvalue weighted by Crippen LogP contribution is 2.16. The molecule has 0 spiro atoms. The number of carbonyl (C=O) groups excluding carboxylic acids is 2.